The number of amides is 1. The summed E-state index contributed by atoms with van der Waals surface area (Å²) in [6, 6.07) is 10.5. The second-order valence-corrected chi connectivity index (χ2v) is 4.68. The molecule has 1 aromatic carbocycles. The predicted molar refractivity (Wildman–Crippen MR) is 71.9 cm³/mol. The number of phenolic OH excluding ortho intramolecular Hbond substituents is 1. The van der Waals surface area contributed by atoms with Crippen molar-refractivity contribution in [2.24, 2.45) is 5.10 Å². The first-order chi connectivity index (χ1) is 8.74. The van der Waals surface area contributed by atoms with Crippen LogP contribution in [0.4, 0.5) is 0 Å². The number of hydrogen-bond acceptors (Lipinski definition) is 4. The Morgan fingerprint density at radius 3 is 3.00 bits per heavy atom. The van der Waals surface area contributed by atoms with Crippen molar-refractivity contribution in [3.8, 4) is 5.75 Å². The molecule has 1 amide bonds. The summed E-state index contributed by atoms with van der Waals surface area (Å²) in [5.41, 5.74) is 3.17. The summed E-state index contributed by atoms with van der Waals surface area (Å²) >= 11 is 1.54. The van der Waals surface area contributed by atoms with Crippen LogP contribution in [0.3, 0.4) is 0 Å². The summed E-state index contributed by atoms with van der Waals surface area (Å²) < 4.78 is 0. The molecule has 2 rings (SSSR count). The molecule has 0 atom stereocenters. The third-order valence-electron chi connectivity index (χ3n) is 2.19. The van der Waals surface area contributed by atoms with Crippen LogP contribution in [-0.2, 0) is 11.2 Å². The van der Waals surface area contributed by atoms with Gasteiger partial charge in [-0.3, -0.25) is 4.79 Å². The highest BCUT2D eigenvalue weighted by Crippen LogP contribution is 2.09. The second-order valence-electron chi connectivity index (χ2n) is 3.64. The average Bonchev–Trinajstić information content (AvgIpc) is 2.82. The van der Waals surface area contributed by atoms with Gasteiger partial charge in [-0.15, -0.1) is 11.3 Å². The number of rotatable bonds is 4. The van der Waals surface area contributed by atoms with E-state index in [9.17, 15) is 9.90 Å². The molecule has 0 unspecified atom stereocenters. The van der Waals surface area contributed by atoms with Gasteiger partial charge in [0.25, 0.3) is 0 Å². The van der Waals surface area contributed by atoms with Gasteiger partial charge < -0.3 is 5.11 Å². The van der Waals surface area contributed by atoms with Crippen molar-refractivity contribution in [3.63, 3.8) is 0 Å². The highest BCUT2D eigenvalue weighted by atomic mass is 32.1. The van der Waals surface area contributed by atoms with Crippen molar-refractivity contribution in [2.75, 3.05) is 0 Å². The minimum Gasteiger partial charge on any atom is -0.508 e. The summed E-state index contributed by atoms with van der Waals surface area (Å²) in [6.45, 7) is 0. The summed E-state index contributed by atoms with van der Waals surface area (Å²) in [5, 5.41) is 15.0. The lowest BCUT2D eigenvalue weighted by Gasteiger charge is -1.97. The molecule has 5 heteroatoms. The van der Waals surface area contributed by atoms with Gasteiger partial charge in [0.1, 0.15) is 5.75 Å². The second kappa shape index (κ2) is 5.97. The lowest BCUT2D eigenvalue weighted by molar-refractivity contribution is -0.120. The van der Waals surface area contributed by atoms with E-state index in [0.29, 0.717) is 6.42 Å². The van der Waals surface area contributed by atoms with Crippen molar-refractivity contribution < 1.29 is 9.90 Å². The van der Waals surface area contributed by atoms with Crippen LogP contribution in [-0.4, -0.2) is 17.2 Å². The van der Waals surface area contributed by atoms with Crippen LogP contribution in [0.1, 0.15) is 10.4 Å². The van der Waals surface area contributed by atoms with Gasteiger partial charge in [-0.05, 0) is 29.1 Å². The zero-order valence-corrected chi connectivity index (χ0v) is 10.4. The molecule has 18 heavy (non-hydrogen) atoms. The third-order valence-corrected chi connectivity index (χ3v) is 3.06. The number of carbonyl (C=O) groups is 1. The monoisotopic (exact) mass is 260 g/mol. The number of hydrogen-bond donors (Lipinski definition) is 2. The lowest BCUT2D eigenvalue weighted by atomic mass is 10.2. The van der Waals surface area contributed by atoms with Crippen LogP contribution in [0.25, 0.3) is 0 Å². The number of benzene rings is 1. The Kier molecular flexibility index (Phi) is 4.09. The summed E-state index contributed by atoms with van der Waals surface area (Å²) in [5.74, 6) is 0.0118. The van der Waals surface area contributed by atoms with Crippen LogP contribution in [0, 0.1) is 0 Å². The molecule has 4 nitrogen and oxygen atoms in total. The first-order valence-electron chi connectivity index (χ1n) is 5.37. The van der Waals surface area contributed by atoms with Crippen molar-refractivity contribution in [2.45, 2.75) is 6.42 Å². The van der Waals surface area contributed by atoms with E-state index in [2.05, 4.69) is 10.5 Å². The van der Waals surface area contributed by atoms with E-state index >= 15 is 0 Å². The van der Waals surface area contributed by atoms with E-state index in [4.69, 9.17) is 0 Å². The molecule has 1 aromatic heterocycles. The van der Waals surface area contributed by atoms with Gasteiger partial charge in [-0.2, -0.15) is 5.10 Å². The van der Waals surface area contributed by atoms with Gasteiger partial charge >= 0.3 is 0 Å². The van der Waals surface area contributed by atoms with Crippen molar-refractivity contribution >= 4 is 23.5 Å². The molecular weight excluding hydrogens is 248 g/mol. The van der Waals surface area contributed by atoms with Gasteiger partial charge in [0.2, 0.25) is 5.91 Å². The molecule has 0 fully saturated rings. The van der Waals surface area contributed by atoms with Crippen molar-refractivity contribution in [3.05, 3.63) is 52.2 Å². The molecule has 0 saturated carbocycles. The zero-order chi connectivity index (χ0) is 12.8. The van der Waals surface area contributed by atoms with E-state index in [1.54, 1.807) is 24.3 Å². The number of carbonyl (C=O) groups excluding carboxylic acids is 1. The Balaban J connectivity index is 1.86. The first kappa shape index (κ1) is 12.3. The molecule has 2 aromatic rings. The molecule has 2 N–H and O–H groups in total. The first-order valence-corrected chi connectivity index (χ1v) is 6.25. The molecule has 1 heterocycles. The number of nitrogens with one attached hydrogen (secondary N) is 1. The molecule has 0 spiro atoms. The van der Waals surface area contributed by atoms with Gasteiger partial charge in [-0.25, -0.2) is 5.43 Å². The molecular formula is C13H12N2O2S. The topological polar surface area (TPSA) is 61.7 Å². The number of hydrazone groups is 1. The Labute approximate surface area is 109 Å². The fourth-order valence-electron chi connectivity index (χ4n) is 1.39. The Bertz CT molecular complexity index is 550. The Morgan fingerprint density at radius 1 is 1.39 bits per heavy atom. The van der Waals surface area contributed by atoms with E-state index in [-0.39, 0.29) is 11.7 Å². The fraction of sp³-hybridized carbons (Fsp3) is 0.0769. The summed E-state index contributed by atoms with van der Waals surface area (Å²) in [6.07, 6.45) is 1.82. The van der Waals surface area contributed by atoms with E-state index in [0.717, 1.165) is 10.4 Å². The Morgan fingerprint density at radius 2 is 2.28 bits per heavy atom. The SMILES string of the molecule is O=C(Cc1cccs1)N/N=C\c1cccc(O)c1. The van der Waals surface area contributed by atoms with Crippen LogP contribution in [0.5, 0.6) is 5.75 Å². The van der Waals surface area contributed by atoms with Gasteiger partial charge in [0, 0.05) is 4.88 Å². The molecule has 92 valence electrons. The zero-order valence-electron chi connectivity index (χ0n) is 9.54. The van der Waals surface area contributed by atoms with Crippen LogP contribution in [0.15, 0.2) is 46.9 Å². The molecule has 0 radical (unpaired) electrons. The minimum absolute atomic E-state index is 0.158. The number of aromatic hydroxyl groups is 1. The quantitative estimate of drug-likeness (QED) is 0.653. The van der Waals surface area contributed by atoms with Crippen molar-refractivity contribution in [1.29, 1.82) is 0 Å². The van der Waals surface area contributed by atoms with Gasteiger partial charge in [0.15, 0.2) is 0 Å². The minimum atomic E-state index is -0.158. The van der Waals surface area contributed by atoms with Gasteiger partial charge in [0.05, 0.1) is 12.6 Å². The lowest BCUT2D eigenvalue weighted by Crippen LogP contribution is -2.19. The fourth-order valence-corrected chi connectivity index (χ4v) is 2.10. The maximum atomic E-state index is 11.5. The van der Waals surface area contributed by atoms with E-state index in [1.807, 2.05) is 17.5 Å². The normalized spacial score (nSPS) is 10.7. The maximum Gasteiger partial charge on any atom is 0.245 e. The summed E-state index contributed by atoms with van der Waals surface area (Å²) in [7, 11) is 0. The molecule has 0 bridgehead atoms. The van der Waals surface area contributed by atoms with E-state index in [1.165, 1.54) is 17.6 Å². The predicted octanol–water partition coefficient (Wildman–Crippen LogP) is 2.15. The molecule has 0 saturated heterocycles. The highest BCUT2D eigenvalue weighted by Gasteiger charge is 2.01. The smallest absolute Gasteiger partial charge is 0.245 e. The standard InChI is InChI=1S/C13H12N2O2S/c16-11-4-1-3-10(7-11)9-14-15-13(17)8-12-5-2-6-18-12/h1-7,9,16H,8H2,(H,15,17)/b14-9-. The van der Waals surface area contributed by atoms with Crippen LogP contribution >= 0.6 is 11.3 Å². The van der Waals surface area contributed by atoms with Gasteiger partial charge in [-0.1, -0.05) is 18.2 Å². The molecule has 0 aliphatic carbocycles. The molecule has 0 aliphatic rings. The largest absolute Gasteiger partial charge is 0.508 e. The van der Waals surface area contributed by atoms with Crippen molar-refractivity contribution in [1.82, 2.24) is 5.43 Å². The molecule has 0 aliphatic heterocycles. The van der Waals surface area contributed by atoms with E-state index < -0.39 is 0 Å². The maximum absolute atomic E-state index is 11.5. The highest BCUT2D eigenvalue weighted by molar-refractivity contribution is 7.10. The van der Waals surface area contributed by atoms with Crippen LogP contribution < -0.4 is 5.43 Å². The number of phenols is 1. The Hall–Kier alpha value is -2.14. The number of nitrogens with zero attached hydrogens (tertiary/aromatic N) is 1. The summed E-state index contributed by atoms with van der Waals surface area (Å²) in [4.78, 5) is 12.5. The average molecular weight is 260 g/mol. The van der Waals surface area contributed by atoms with Crippen LogP contribution in [0.2, 0.25) is 0 Å². The third kappa shape index (κ3) is 3.71. The number of thiophene rings is 1.